The van der Waals surface area contributed by atoms with Crippen molar-refractivity contribution in [3.05, 3.63) is 27.6 Å². The summed E-state index contributed by atoms with van der Waals surface area (Å²) in [5.74, 6) is -1.95. The van der Waals surface area contributed by atoms with Crippen LogP contribution in [0.2, 0.25) is 0 Å². The Kier molecular flexibility index (Phi) is 5.25. The summed E-state index contributed by atoms with van der Waals surface area (Å²) in [5.41, 5.74) is 1.88. The minimum Gasteiger partial charge on any atom is -0.449 e. The SMILES string of the molecule is O=C(O)OC1=C(C(=O)Nc2sc3c(c2-c2nc(C4CC4)ns2)CCC(F)(F)C3)C2CCC1CC2. The van der Waals surface area contributed by atoms with Gasteiger partial charge >= 0.3 is 6.16 Å². The maximum atomic E-state index is 14.2. The highest BCUT2D eigenvalue weighted by Gasteiger charge is 2.42. The van der Waals surface area contributed by atoms with Crippen LogP contribution in [0.4, 0.5) is 18.6 Å². The molecule has 0 unspecified atom stereocenters. The fourth-order valence-corrected chi connectivity index (χ4v) is 7.68. The normalized spacial score (nSPS) is 25.2. The fourth-order valence-electron chi connectivity index (χ4n) is 5.47. The third-order valence-electron chi connectivity index (χ3n) is 7.29. The molecule has 2 fully saturated rings. The van der Waals surface area contributed by atoms with E-state index in [0.29, 0.717) is 31.9 Å². The number of amides is 1. The molecule has 0 aromatic carbocycles. The summed E-state index contributed by atoms with van der Waals surface area (Å²) in [6.07, 6.45) is 3.50. The van der Waals surface area contributed by atoms with Crippen LogP contribution >= 0.6 is 22.9 Å². The molecule has 5 aliphatic carbocycles. The molecule has 2 aromatic heterocycles. The second-order valence-corrected chi connectivity index (χ2v) is 11.5. The van der Waals surface area contributed by atoms with E-state index >= 15 is 0 Å². The number of nitrogens with one attached hydrogen (secondary N) is 1. The van der Waals surface area contributed by atoms with E-state index in [1.165, 1.54) is 22.9 Å². The van der Waals surface area contributed by atoms with Crippen LogP contribution < -0.4 is 5.32 Å². The van der Waals surface area contributed by atoms with Gasteiger partial charge in [0.2, 0.25) is 0 Å². The molecule has 2 aromatic rings. The molecule has 0 saturated heterocycles. The fraction of sp³-hybridized carbons (Fsp3) is 0.565. The Morgan fingerprint density at radius 1 is 1.09 bits per heavy atom. The lowest BCUT2D eigenvalue weighted by Crippen LogP contribution is -2.34. The molecule has 1 amide bonds. The standard InChI is InChI=1S/C23H23F2N3O4S2/c24-23(25)8-7-13-14(9-23)33-20(16(13)21-26-18(28-34-21)12-5-6-12)27-19(29)15-10-1-3-11(4-2-10)17(15)32-22(30)31/h10-12H,1-9H2,(H,27,29)(H,30,31). The number of rotatable bonds is 5. The van der Waals surface area contributed by atoms with E-state index in [0.717, 1.165) is 49.9 Å². The highest BCUT2D eigenvalue weighted by molar-refractivity contribution is 7.18. The van der Waals surface area contributed by atoms with Gasteiger partial charge in [0.15, 0.2) is 0 Å². The number of carboxylic acid groups (broad SMARTS) is 1. The van der Waals surface area contributed by atoms with Gasteiger partial charge in [0.05, 0.1) is 11.1 Å². The number of hydrogen-bond acceptors (Lipinski definition) is 7. The van der Waals surface area contributed by atoms with Gasteiger partial charge in [-0.05, 0) is 68.0 Å². The molecule has 180 valence electrons. The highest BCUT2D eigenvalue weighted by Crippen LogP contribution is 2.50. The van der Waals surface area contributed by atoms with Crippen LogP contribution in [-0.2, 0) is 22.4 Å². The van der Waals surface area contributed by atoms with Crippen molar-refractivity contribution in [1.29, 1.82) is 0 Å². The van der Waals surface area contributed by atoms with Crippen LogP contribution in [0.25, 0.3) is 10.6 Å². The second kappa shape index (κ2) is 8.08. The van der Waals surface area contributed by atoms with E-state index < -0.39 is 18.0 Å². The molecule has 0 atom stereocenters. The summed E-state index contributed by atoms with van der Waals surface area (Å²) in [4.78, 5) is 30.0. The van der Waals surface area contributed by atoms with E-state index in [9.17, 15) is 23.5 Å². The zero-order valence-corrected chi connectivity index (χ0v) is 19.9. The molecular formula is C23H23F2N3O4S2. The summed E-state index contributed by atoms with van der Waals surface area (Å²) >= 11 is 2.41. The van der Waals surface area contributed by atoms with Gasteiger partial charge in [0, 0.05) is 29.6 Å². The first-order valence-corrected chi connectivity index (χ1v) is 13.2. The maximum absolute atomic E-state index is 14.2. The second-order valence-electron chi connectivity index (χ2n) is 9.62. The zero-order valence-electron chi connectivity index (χ0n) is 18.2. The first-order valence-electron chi connectivity index (χ1n) is 11.6. The van der Waals surface area contributed by atoms with Gasteiger partial charge in [-0.3, -0.25) is 4.79 Å². The van der Waals surface area contributed by atoms with Crippen molar-refractivity contribution in [3.63, 3.8) is 0 Å². The zero-order chi connectivity index (χ0) is 23.6. The number of allylic oxidation sites excluding steroid dienone is 1. The number of aromatic nitrogens is 2. The third-order valence-corrected chi connectivity index (χ3v) is 9.18. The predicted molar refractivity (Wildman–Crippen MR) is 122 cm³/mol. The predicted octanol–water partition coefficient (Wildman–Crippen LogP) is 5.98. The molecule has 5 aliphatic rings. The maximum Gasteiger partial charge on any atom is 0.511 e. The molecule has 2 heterocycles. The number of alkyl halides is 2. The van der Waals surface area contributed by atoms with Crippen molar-refractivity contribution in [2.75, 3.05) is 5.32 Å². The molecule has 2 saturated carbocycles. The van der Waals surface area contributed by atoms with E-state index in [-0.39, 0.29) is 36.9 Å². The molecule has 11 heteroatoms. The van der Waals surface area contributed by atoms with Crippen LogP contribution in [0.1, 0.15) is 67.1 Å². The Hall–Kier alpha value is -2.40. The Morgan fingerprint density at radius 2 is 1.79 bits per heavy atom. The van der Waals surface area contributed by atoms with Crippen LogP contribution in [0.3, 0.4) is 0 Å². The smallest absolute Gasteiger partial charge is 0.449 e. The van der Waals surface area contributed by atoms with Crippen molar-refractivity contribution in [2.24, 2.45) is 11.8 Å². The van der Waals surface area contributed by atoms with Crippen molar-refractivity contribution < 1.29 is 28.2 Å². The quantitative estimate of drug-likeness (QED) is 0.483. The van der Waals surface area contributed by atoms with E-state index in [2.05, 4.69) is 9.69 Å². The Labute approximate surface area is 202 Å². The first-order chi connectivity index (χ1) is 16.3. The van der Waals surface area contributed by atoms with Crippen molar-refractivity contribution >= 4 is 39.9 Å². The molecule has 7 rings (SSSR count). The van der Waals surface area contributed by atoms with E-state index in [4.69, 9.17) is 9.72 Å². The average molecular weight is 508 g/mol. The summed E-state index contributed by atoms with van der Waals surface area (Å²) in [5, 5.41) is 13.3. The number of anilines is 1. The van der Waals surface area contributed by atoms with Gasteiger partial charge in [-0.15, -0.1) is 11.3 Å². The molecule has 0 spiro atoms. The minimum absolute atomic E-state index is 0.0651. The topological polar surface area (TPSA) is 101 Å². The number of nitrogens with zero attached hydrogens (tertiary/aromatic N) is 2. The number of carbonyl (C=O) groups is 2. The monoisotopic (exact) mass is 507 g/mol. The molecule has 0 aliphatic heterocycles. The lowest BCUT2D eigenvalue weighted by molar-refractivity contribution is -0.114. The van der Waals surface area contributed by atoms with Gasteiger partial charge < -0.3 is 15.2 Å². The minimum atomic E-state index is -2.77. The van der Waals surface area contributed by atoms with Crippen molar-refractivity contribution in [3.8, 4) is 10.6 Å². The Bertz CT molecular complexity index is 1210. The largest absolute Gasteiger partial charge is 0.511 e. The van der Waals surface area contributed by atoms with Gasteiger partial charge in [-0.25, -0.2) is 18.6 Å². The number of hydrogen-bond donors (Lipinski definition) is 2. The molecule has 2 N–H and O–H groups in total. The van der Waals surface area contributed by atoms with Crippen molar-refractivity contribution in [1.82, 2.24) is 9.36 Å². The summed E-state index contributed by atoms with van der Waals surface area (Å²) in [7, 11) is 0. The summed E-state index contributed by atoms with van der Waals surface area (Å²) in [6.45, 7) is 0. The molecular weight excluding hydrogens is 484 g/mol. The molecule has 2 bridgehead atoms. The van der Waals surface area contributed by atoms with Crippen LogP contribution in [0, 0.1) is 11.8 Å². The van der Waals surface area contributed by atoms with E-state index in [1.807, 2.05) is 0 Å². The molecule has 34 heavy (non-hydrogen) atoms. The van der Waals surface area contributed by atoms with E-state index in [1.54, 1.807) is 0 Å². The number of carbonyl (C=O) groups excluding carboxylic acids is 1. The van der Waals surface area contributed by atoms with Gasteiger partial charge in [0.25, 0.3) is 11.8 Å². The number of thiophene rings is 1. The third kappa shape index (κ3) is 3.92. The van der Waals surface area contributed by atoms with Gasteiger partial charge in [0.1, 0.15) is 21.6 Å². The highest BCUT2D eigenvalue weighted by atomic mass is 32.1. The average Bonchev–Trinajstić information content (AvgIpc) is 3.42. The van der Waals surface area contributed by atoms with Crippen LogP contribution in [0.15, 0.2) is 11.3 Å². The lowest BCUT2D eigenvalue weighted by atomic mass is 9.70. The van der Waals surface area contributed by atoms with Crippen LogP contribution in [0.5, 0.6) is 0 Å². The first kappa shape index (κ1) is 22.1. The summed E-state index contributed by atoms with van der Waals surface area (Å²) in [6, 6.07) is 0. The number of fused-ring (bicyclic) bond motifs is 3. The Morgan fingerprint density at radius 3 is 2.50 bits per heavy atom. The van der Waals surface area contributed by atoms with Gasteiger partial charge in [-0.2, -0.15) is 4.37 Å². The summed E-state index contributed by atoms with van der Waals surface area (Å²) < 4.78 is 37.9. The van der Waals surface area contributed by atoms with Gasteiger partial charge in [-0.1, -0.05) is 0 Å². The Balaban J connectivity index is 1.39. The molecule has 7 nitrogen and oxygen atoms in total. The number of halogens is 2. The van der Waals surface area contributed by atoms with Crippen LogP contribution in [-0.4, -0.2) is 32.4 Å². The lowest BCUT2D eigenvalue weighted by Gasteiger charge is -2.37. The molecule has 0 radical (unpaired) electrons. The number of ether oxygens (including phenoxy) is 1. The van der Waals surface area contributed by atoms with Crippen molar-refractivity contribution in [2.45, 2.75) is 69.6 Å².